The van der Waals surface area contributed by atoms with Gasteiger partial charge in [-0.1, -0.05) is 48.0 Å². The first kappa shape index (κ1) is 17.8. The van der Waals surface area contributed by atoms with Gasteiger partial charge in [0.2, 0.25) is 0 Å². The van der Waals surface area contributed by atoms with Crippen LogP contribution in [0.2, 0.25) is 0 Å². The molecule has 23 heavy (non-hydrogen) atoms. The highest BCUT2D eigenvalue weighted by Gasteiger charge is 2.01. The average molecular weight is 374 g/mol. The minimum Gasteiger partial charge on any atom is -0.457 e. The molecule has 0 fully saturated rings. The lowest BCUT2D eigenvalue weighted by molar-refractivity contribution is 0.337. The number of likely N-dealkylation sites (N-methyl/N-ethyl adjacent to an activating group) is 1. The fourth-order valence-corrected chi connectivity index (χ4v) is 2.55. The minimum atomic E-state index is 0.842. The Balaban J connectivity index is 2.01. The van der Waals surface area contributed by atoms with Gasteiger partial charge in [0, 0.05) is 11.0 Å². The highest BCUT2D eigenvalue weighted by Crippen LogP contribution is 2.25. The zero-order valence-electron chi connectivity index (χ0n) is 14.1. The number of hydrogen-bond donors (Lipinski definition) is 0. The number of halogens is 1. The molecule has 0 N–H and O–H groups in total. The molecule has 0 aliphatic heterocycles. The van der Waals surface area contributed by atoms with Crippen LogP contribution >= 0.6 is 15.9 Å². The Hall–Kier alpha value is -1.58. The third-order valence-corrected chi connectivity index (χ3v) is 4.44. The van der Waals surface area contributed by atoms with Gasteiger partial charge in [0.25, 0.3) is 0 Å². The molecule has 0 radical (unpaired) electrons. The average Bonchev–Trinajstić information content (AvgIpc) is 2.58. The number of allylic oxidation sites excluding steroid dienone is 1. The first-order valence-corrected chi connectivity index (χ1v) is 8.84. The van der Waals surface area contributed by atoms with Crippen LogP contribution in [0.1, 0.15) is 26.3 Å². The van der Waals surface area contributed by atoms with E-state index in [4.69, 9.17) is 4.74 Å². The highest BCUT2D eigenvalue weighted by molar-refractivity contribution is 9.10. The van der Waals surface area contributed by atoms with E-state index in [0.29, 0.717) is 0 Å². The molecule has 0 unspecified atom stereocenters. The largest absolute Gasteiger partial charge is 0.457 e. The first-order valence-electron chi connectivity index (χ1n) is 8.05. The fraction of sp³-hybridized carbons (Fsp3) is 0.300. The molecule has 0 atom stereocenters. The third-order valence-electron chi connectivity index (χ3n) is 3.91. The van der Waals surface area contributed by atoms with Crippen molar-refractivity contribution in [1.29, 1.82) is 0 Å². The zero-order valence-corrected chi connectivity index (χ0v) is 15.6. The van der Waals surface area contributed by atoms with E-state index in [-0.39, 0.29) is 0 Å². The molecule has 0 aliphatic carbocycles. The molecule has 2 aromatic rings. The molecule has 0 spiro atoms. The van der Waals surface area contributed by atoms with Crippen molar-refractivity contribution in [3.8, 4) is 11.5 Å². The Morgan fingerprint density at radius 2 is 1.48 bits per heavy atom. The van der Waals surface area contributed by atoms with Crippen molar-refractivity contribution in [2.45, 2.75) is 20.8 Å². The highest BCUT2D eigenvalue weighted by atomic mass is 79.9. The molecule has 0 saturated carbocycles. The van der Waals surface area contributed by atoms with E-state index in [0.717, 1.165) is 35.6 Å². The van der Waals surface area contributed by atoms with Crippen LogP contribution in [0.25, 0.3) is 5.57 Å². The van der Waals surface area contributed by atoms with Crippen LogP contribution < -0.4 is 4.74 Å². The molecule has 2 aromatic carbocycles. The van der Waals surface area contributed by atoms with Gasteiger partial charge in [-0.15, -0.1) is 0 Å². The Morgan fingerprint density at radius 1 is 0.957 bits per heavy atom. The van der Waals surface area contributed by atoms with Crippen LogP contribution in [-0.4, -0.2) is 24.5 Å². The molecule has 0 amide bonds. The maximum Gasteiger partial charge on any atom is 0.127 e. The van der Waals surface area contributed by atoms with Crippen molar-refractivity contribution in [2.75, 3.05) is 19.6 Å². The van der Waals surface area contributed by atoms with E-state index >= 15 is 0 Å². The Morgan fingerprint density at radius 3 is 2.00 bits per heavy atom. The molecule has 0 saturated heterocycles. The van der Waals surface area contributed by atoms with Gasteiger partial charge in [-0.2, -0.15) is 0 Å². The molecule has 3 heteroatoms. The van der Waals surface area contributed by atoms with Crippen molar-refractivity contribution < 1.29 is 4.74 Å². The third kappa shape index (κ3) is 5.52. The van der Waals surface area contributed by atoms with Crippen molar-refractivity contribution in [3.63, 3.8) is 0 Å². The lowest BCUT2D eigenvalue weighted by Gasteiger charge is -2.16. The van der Waals surface area contributed by atoms with Crippen LogP contribution in [0, 0.1) is 0 Å². The predicted octanol–water partition coefficient (Wildman–Crippen LogP) is 5.99. The van der Waals surface area contributed by atoms with Crippen LogP contribution in [0.5, 0.6) is 11.5 Å². The fourth-order valence-electron chi connectivity index (χ4n) is 2.29. The van der Waals surface area contributed by atoms with E-state index in [1.54, 1.807) is 0 Å². The maximum absolute atomic E-state index is 5.85. The summed E-state index contributed by atoms with van der Waals surface area (Å²) in [5, 5.41) is 0. The van der Waals surface area contributed by atoms with E-state index in [1.165, 1.54) is 11.1 Å². The summed E-state index contributed by atoms with van der Waals surface area (Å²) in [6.45, 7) is 9.71. The van der Waals surface area contributed by atoms with E-state index in [9.17, 15) is 0 Å². The number of nitrogens with zero attached hydrogens (tertiary/aromatic N) is 1. The van der Waals surface area contributed by atoms with Gasteiger partial charge in [0.05, 0.1) is 0 Å². The first-order chi connectivity index (χ1) is 11.1. The van der Waals surface area contributed by atoms with Gasteiger partial charge < -0.3 is 9.64 Å². The monoisotopic (exact) mass is 373 g/mol. The van der Waals surface area contributed by atoms with Gasteiger partial charge in [-0.05, 0) is 67.5 Å². The minimum absolute atomic E-state index is 0.842. The van der Waals surface area contributed by atoms with E-state index in [1.807, 2.05) is 36.4 Å². The topological polar surface area (TPSA) is 12.5 Å². The summed E-state index contributed by atoms with van der Waals surface area (Å²) < 4.78 is 6.90. The molecular formula is C20H24BrNO. The van der Waals surface area contributed by atoms with Crippen LogP contribution in [0.3, 0.4) is 0 Å². The van der Waals surface area contributed by atoms with Crippen molar-refractivity contribution >= 4 is 21.5 Å². The number of benzene rings is 2. The second-order valence-electron chi connectivity index (χ2n) is 5.45. The number of rotatable bonds is 7. The SMILES string of the molecule is CCN(CC)CC=C(C)c1ccc(Oc2ccc(Br)cc2)cc1. The standard InChI is InChI=1S/C20H24BrNO/c1-4-22(5-2)15-14-16(3)17-6-10-19(11-7-17)23-20-12-8-18(21)9-13-20/h6-14H,4-5,15H2,1-3H3. The Labute approximate surface area is 147 Å². The van der Waals surface area contributed by atoms with Gasteiger partial charge in [-0.25, -0.2) is 0 Å². The molecule has 0 aromatic heterocycles. The molecule has 0 bridgehead atoms. The van der Waals surface area contributed by atoms with Gasteiger partial charge >= 0.3 is 0 Å². The summed E-state index contributed by atoms with van der Waals surface area (Å²) in [7, 11) is 0. The molecule has 2 nitrogen and oxygen atoms in total. The summed E-state index contributed by atoms with van der Waals surface area (Å²) in [6, 6.07) is 16.1. The van der Waals surface area contributed by atoms with Gasteiger partial charge in [0.15, 0.2) is 0 Å². The van der Waals surface area contributed by atoms with E-state index < -0.39 is 0 Å². The maximum atomic E-state index is 5.85. The molecule has 2 rings (SSSR count). The normalized spacial score (nSPS) is 11.8. The van der Waals surface area contributed by atoms with E-state index in [2.05, 4.69) is 59.8 Å². The second-order valence-corrected chi connectivity index (χ2v) is 6.37. The summed E-state index contributed by atoms with van der Waals surface area (Å²) in [4.78, 5) is 2.40. The second kappa shape index (κ2) is 8.90. The summed E-state index contributed by atoms with van der Waals surface area (Å²) in [5.74, 6) is 1.70. The molecular weight excluding hydrogens is 350 g/mol. The summed E-state index contributed by atoms with van der Waals surface area (Å²) >= 11 is 3.43. The Kier molecular flexibility index (Phi) is 6.87. The van der Waals surface area contributed by atoms with Gasteiger partial charge in [-0.3, -0.25) is 0 Å². The van der Waals surface area contributed by atoms with Crippen LogP contribution in [0.15, 0.2) is 59.1 Å². The number of ether oxygens (including phenoxy) is 1. The smallest absolute Gasteiger partial charge is 0.127 e. The van der Waals surface area contributed by atoms with Crippen LogP contribution in [-0.2, 0) is 0 Å². The number of hydrogen-bond acceptors (Lipinski definition) is 2. The predicted molar refractivity (Wildman–Crippen MR) is 102 cm³/mol. The molecule has 122 valence electrons. The Bertz CT molecular complexity index is 628. The van der Waals surface area contributed by atoms with Gasteiger partial charge in [0.1, 0.15) is 11.5 Å². The zero-order chi connectivity index (χ0) is 16.7. The lowest BCUT2D eigenvalue weighted by Crippen LogP contribution is -2.22. The summed E-state index contributed by atoms with van der Waals surface area (Å²) in [5.41, 5.74) is 2.53. The van der Waals surface area contributed by atoms with Crippen molar-refractivity contribution in [1.82, 2.24) is 4.90 Å². The van der Waals surface area contributed by atoms with Crippen molar-refractivity contribution in [2.24, 2.45) is 0 Å². The molecule has 0 aliphatic rings. The lowest BCUT2D eigenvalue weighted by atomic mass is 10.1. The molecule has 0 heterocycles. The van der Waals surface area contributed by atoms with Crippen LogP contribution in [0.4, 0.5) is 0 Å². The quantitative estimate of drug-likeness (QED) is 0.591. The van der Waals surface area contributed by atoms with Crippen molar-refractivity contribution in [3.05, 3.63) is 64.6 Å². The summed E-state index contributed by atoms with van der Waals surface area (Å²) in [6.07, 6.45) is 2.29.